The highest BCUT2D eigenvalue weighted by Crippen LogP contribution is 2.24. The molecule has 0 aliphatic rings. The third-order valence-corrected chi connectivity index (χ3v) is 2.25. The van der Waals surface area contributed by atoms with Crippen LogP contribution < -0.4 is 0 Å². The largest absolute Gasteiger partial charge is 0.464 e. The van der Waals surface area contributed by atoms with Gasteiger partial charge < -0.3 is 9.52 Å². The minimum Gasteiger partial charge on any atom is -0.464 e. The Morgan fingerprint density at radius 2 is 2.25 bits per heavy atom. The zero-order valence-corrected chi connectivity index (χ0v) is 7.84. The van der Waals surface area contributed by atoms with Gasteiger partial charge in [-0.05, 0) is 23.8 Å². The average Bonchev–Trinajstić information content (AvgIpc) is 2.50. The fraction of sp³-hybridized carbons (Fsp3) is 0.111. The minimum atomic E-state index is 0.0372. The van der Waals surface area contributed by atoms with Gasteiger partial charge in [-0.1, -0.05) is 15.9 Å². The van der Waals surface area contributed by atoms with Gasteiger partial charge in [-0.3, -0.25) is 0 Å². The Bertz CT molecular complexity index is 406. The molecule has 0 aliphatic heterocycles. The highest BCUT2D eigenvalue weighted by atomic mass is 79.9. The van der Waals surface area contributed by atoms with Crippen molar-refractivity contribution >= 4 is 26.9 Å². The van der Waals surface area contributed by atoms with Crippen LogP contribution in [0.3, 0.4) is 0 Å². The van der Waals surface area contributed by atoms with Gasteiger partial charge in [-0.2, -0.15) is 0 Å². The lowest BCUT2D eigenvalue weighted by Crippen LogP contribution is -1.83. The number of aliphatic hydroxyl groups is 1. The second-order valence-corrected chi connectivity index (χ2v) is 3.47. The van der Waals surface area contributed by atoms with E-state index in [2.05, 4.69) is 15.9 Å². The number of halogens is 1. The Kier molecular flexibility index (Phi) is 1.90. The summed E-state index contributed by atoms with van der Waals surface area (Å²) < 4.78 is 6.13. The van der Waals surface area contributed by atoms with E-state index in [0.29, 0.717) is 0 Å². The number of hydrogen-bond donors (Lipinski definition) is 1. The lowest BCUT2D eigenvalue weighted by Gasteiger charge is -1.98. The van der Waals surface area contributed by atoms with Gasteiger partial charge in [-0.25, -0.2) is 0 Å². The third-order valence-electron chi connectivity index (χ3n) is 1.79. The lowest BCUT2D eigenvalue weighted by molar-refractivity contribution is 0.283. The SMILES string of the molecule is OCc1cc(Br)cc2occc12. The van der Waals surface area contributed by atoms with E-state index < -0.39 is 0 Å². The van der Waals surface area contributed by atoms with Crippen LogP contribution in [0.25, 0.3) is 11.0 Å². The Balaban J connectivity index is 2.80. The summed E-state index contributed by atoms with van der Waals surface area (Å²) in [5.41, 5.74) is 1.68. The van der Waals surface area contributed by atoms with Gasteiger partial charge in [-0.15, -0.1) is 0 Å². The summed E-state index contributed by atoms with van der Waals surface area (Å²) in [5.74, 6) is 0. The van der Waals surface area contributed by atoms with E-state index in [-0.39, 0.29) is 6.61 Å². The van der Waals surface area contributed by atoms with Crippen LogP contribution in [-0.4, -0.2) is 5.11 Å². The maximum atomic E-state index is 9.02. The molecule has 1 heterocycles. The molecule has 2 rings (SSSR count). The average molecular weight is 227 g/mol. The molecule has 0 radical (unpaired) electrons. The van der Waals surface area contributed by atoms with Crippen molar-refractivity contribution in [3.63, 3.8) is 0 Å². The molecule has 3 heteroatoms. The van der Waals surface area contributed by atoms with E-state index in [1.54, 1.807) is 6.26 Å². The number of rotatable bonds is 1. The molecule has 0 fully saturated rings. The van der Waals surface area contributed by atoms with Crippen molar-refractivity contribution in [3.8, 4) is 0 Å². The molecular formula is C9H7BrO2. The second kappa shape index (κ2) is 2.92. The number of aliphatic hydroxyl groups excluding tert-OH is 1. The van der Waals surface area contributed by atoms with Crippen LogP contribution in [0.2, 0.25) is 0 Å². The zero-order valence-electron chi connectivity index (χ0n) is 6.25. The van der Waals surface area contributed by atoms with E-state index in [4.69, 9.17) is 9.52 Å². The smallest absolute Gasteiger partial charge is 0.135 e. The second-order valence-electron chi connectivity index (χ2n) is 2.56. The van der Waals surface area contributed by atoms with Gasteiger partial charge in [0.25, 0.3) is 0 Å². The molecule has 0 unspecified atom stereocenters. The number of furan rings is 1. The zero-order chi connectivity index (χ0) is 8.55. The third kappa shape index (κ3) is 1.15. The Hall–Kier alpha value is -0.800. The fourth-order valence-electron chi connectivity index (χ4n) is 1.24. The minimum absolute atomic E-state index is 0.0372. The molecule has 1 aromatic heterocycles. The van der Waals surface area contributed by atoms with E-state index >= 15 is 0 Å². The molecule has 0 aliphatic carbocycles. The van der Waals surface area contributed by atoms with E-state index in [1.807, 2.05) is 18.2 Å². The Labute approximate surface area is 77.9 Å². The highest BCUT2D eigenvalue weighted by molar-refractivity contribution is 9.10. The maximum absolute atomic E-state index is 9.02. The first-order valence-corrected chi connectivity index (χ1v) is 4.37. The van der Waals surface area contributed by atoms with Gasteiger partial charge in [0.05, 0.1) is 12.9 Å². The van der Waals surface area contributed by atoms with E-state index in [1.165, 1.54) is 0 Å². The van der Waals surface area contributed by atoms with Crippen molar-refractivity contribution in [1.82, 2.24) is 0 Å². The van der Waals surface area contributed by atoms with Crippen molar-refractivity contribution in [1.29, 1.82) is 0 Å². The molecule has 12 heavy (non-hydrogen) atoms. The molecule has 2 aromatic rings. The molecule has 1 aromatic carbocycles. The summed E-state index contributed by atoms with van der Waals surface area (Å²) in [6.07, 6.45) is 1.62. The Morgan fingerprint density at radius 1 is 1.42 bits per heavy atom. The summed E-state index contributed by atoms with van der Waals surface area (Å²) >= 11 is 3.34. The molecule has 0 spiro atoms. The lowest BCUT2D eigenvalue weighted by atomic mass is 10.1. The molecule has 0 amide bonds. The number of fused-ring (bicyclic) bond motifs is 1. The van der Waals surface area contributed by atoms with Crippen LogP contribution in [0.15, 0.2) is 33.4 Å². The Morgan fingerprint density at radius 3 is 3.00 bits per heavy atom. The molecule has 0 saturated heterocycles. The number of hydrogen-bond acceptors (Lipinski definition) is 2. The molecular weight excluding hydrogens is 220 g/mol. The summed E-state index contributed by atoms with van der Waals surface area (Å²) in [6, 6.07) is 5.62. The van der Waals surface area contributed by atoms with Gasteiger partial charge in [0, 0.05) is 9.86 Å². The predicted octanol–water partition coefficient (Wildman–Crippen LogP) is 2.69. The monoisotopic (exact) mass is 226 g/mol. The van der Waals surface area contributed by atoms with Gasteiger partial charge in [0.2, 0.25) is 0 Å². The van der Waals surface area contributed by atoms with Crippen molar-refractivity contribution in [2.45, 2.75) is 6.61 Å². The molecule has 0 bridgehead atoms. The summed E-state index contributed by atoms with van der Waals surface area (Å²) in [7, 11) is 0. The topological polar surface area (TPSA) is 33.4 Å². The quantitative estimate of drug-likeness (QED) is 0.812. The molecule has 1 N–H and O–H groups in total. The predicted molar refractivity (Wildman–Crippen MR) is 49.8 cm³/mol. The first-order chi connectivity index (χ1) is 5.81. The van der Waals surface area contributed by atoms with Crippen molar-refractivity contribution in [3.05, 3.63) is 34.5 Å². The molecule has 62 valence electrons. The van der Waals surface area contributed by atoms with Crippen LogP contribution in [0.5, 0.6) is 0 Å². The van der Waals surface area contributed by atoms with Crippen molar-refractivity contribution in [2.24, 2.45) is 0 Å². The van der Waals surface area contributed by atoms with Crippen LogP contribution in [-0.2, 0) is 6.61 Å². The van der Waals surface area contributed by atoms with E-state index in [0.717, 1.165) is 21.0 Å². The van der Waals surface area contributed by atoms with Crippen molar-refractivity contribution in [2.75, 3.05) is 0 Å². The highest BCUT2D eigenvalue weighted by Gasteiger charge is 2.03. The normalized spacial score (nSPS) is 10.8. The van der Waals surface area contributed by atoms with Gasteiger partial charge in [0.15, 0.2) is 0 Å². The molecule has 0 saturated carbocycles. The summed E-state index contributed by atoms with van der Waals surface area (Å²) in [5, 5.41) is 9.99. The number of benzene rings is 1. The standard InChI is InChI=1S/C9H7BrO2/c10-7-3-6(5-11)8-1-2-12-9(8)4-7/h1-4,11H,5H2. The molecule has 2 nitrogen and oxygen atoms in total. The van der Waals surface area contributed by atoms with Crippen LogP contribution in [0, 0.1) is 0 Å². The van der Waals surface area contributed by atoms with Crippen LogP contribution in [0.4, 0.5) is 0 Å². The first kappa shape index (κ1) is 7.83. The fourth-order valence-corrected chi connectivity index (χ4v) is 1.72. The maximum Gasteiger partial charge on any atom is 0.135 e. The van der Waals surface area contributed by atoms with Crippen molar-refractivity contribution < 1.29 is 9.52 Å². The first-order valence-electron chi connectivity index (χ1n) is 3.58. The van der Waals surface area contributed by atoms with Crippen LogP contribution >= 0.6 is 15.9 Å². The van der Waals surface area contributed by atoms with Gasteiger partial charge in [0.1, 0.15) is 5.58 Å². The summed E-state index contributed by atoms with van der Waals surface area (Å²) in [4.78, 5) is 0. The summed E-state index contributed by atoms with van der Waals surface area (Å²) in [6.45, 7) is 0.0372. The van der Waals surface area contributed by atoms with Crippen LogP contribution in [0.1, 0.15) is 5.56 Å². The van der Waals surface area contributed by atoms with Gasteiger partial charge >= 0.3 is 0 Å². The van der Waals surface area contributed by atoms with E-state index in [9.17, 15) is 0 Å². The molecule has 0 atom stereocenters.